The third-order valence-corrected chi connectivity index (χ3v) is 5.27. The van der Waals surface area contributed by atoms with Gasteiger partial charge < -0.3 is 19.4 Å². The van der Waals surface area contributed by atoms with E-state index in [1.165, 1.54) is 4.90 Å². The fraction of sp³-hybridized carbons (Fsp3) is 0.261. The molecule has 2 amide bonds. The zero-order chi connectivity index (χ0) is 23.1. The summed E-state index contributed by atoms with van der Waals surface area (Å²) in [6.07, 6.45) is 2.03. The lowest BCUT2D eigenvalue weighted by Gasteiger charge is -2.20. The normalized spacial score (nSPS) is 10.6. The van der Waals surface area contributed by atoms with Crippen LogP contribution in [0.15, 0.2) is 53.1 Å². The van der Waals surface area contributed by atoms with E-state index in [0.29, 0.717) is 51.7 Å². The number of halogens is 2. The highest BCUT2D eigenvalue weighted by Crippen LogP contribution is 2.30. The van der Waals surface area contributed by atoms with Crippen LogP contribution in [0.5, 0.6) is 5.75 Å². The van der Waals surface area contributed by atoms with Gasteiger partial charge in [0.25, 0.3) is 0 Å². The molecule has 2 aromatic carbocycles. The first-order valence-corrected chi connectivity index (χ1v) is 10.8. The topological polar surface area (TPSA) is 84.7 Å². The Morgan fingerprint density at radius 1 is 1.19 bits per heavy atom. The summed E-state index contributed by atoms with van der Waals surface area (Å²) in [5, 5.41) is 3.76. The minimum atomic E-state index is -0.288. The van der Waals surface area contributed by atoms with Crippen molar-refractivity contribution in [3.8, 4) is 17.1 Å². The van der Waals surface area contributed by atoms with Crippen LogP contribution < -0.4 is 10.1 Å². The van der Waals surface area contributed by atoms with Crippen LogP contribution in [-0.4, -0.2) is 41.9 Å². The lowest BCUT2D eigenvalue weighted by molar-refractivity contribution is -0.134. The first kappa shape index (κ1) is 23.6. The summed E-state index contributed by atoms with van der Waals surface area (Å²) < 4.78 is 10.9. The highest BCUT2D eigenvalue weighted by atomic mass is 35.5. The molecule has 0 atom stereocenters. The third-order valence-electron chi connectivity index (χ3n) is 4.73. The number of aromatic nitrogens is 1. The molecule has 1 aromatic heterocycles. The molecular formula is C23H23Cl2N3O4. The van der Waals surface area contributed by atoms with Crippen molar-refractivity contribution in [2.45, 2.75) is 19.8 Å². The Kier molecular flexibility index (Phi) is 8.14. The minimum Gasteiger partial charge on any atom is -0.497 e. The molecule has 7 nitrogen and oxygen atoms in total. The van der Waals surface area contributed by atoms with E-state index in [1.807, 2.05) is 6.92 Å². The standard InChI is InChI=1S/C23H23Cl2N3O4/c1-3-28(14-21(29)27-16-5-4-6-17(12-16)31-2)23(30)10-9-22-26-13-20(32-22)18-8-7-15(24)11-19(18)25/h4-8,11-13H,3,9-10,14H2,1-2H3,(H,27,29). The van der Waals surface area contributed by atoms with Crippen molar-refractivity contribution in [1.29, 1.82) is 0 Å². The molecular weight excluding hydrogens is 453 g/mol. The number of carbonyl (C=O) groups excluding carboxylic acids is 2. The molecule has 1 heterocycles. The van der Waals surface area contributed by atoms with E-state index in [0.717, 1.165) is 0 Å². The molecule has 0 aliphatic heterocycles. The van der Waals surface area contributed by atoms with Gasteiger partial charge in [-0.3, -0.25) is 9.59 Å². The van der Waals surface area contributed by atoms with Gasteiger partial charge in [-0.15, -0.1) is 0 Å². The van der Waals surface area contributed by atoms with Gasteiger partial charge in [-0.2, -0.15) is 0 Å². The van der Waals surface area contributed by atoms with Gasteiger partial charge in [-0.1, -0.05) is 29.3 Å². The summed E-state index contributed by atoms with van der Waals surface area (Å²) in [4.78, 5) is 30.7. The predicted molar refractivity (Wildman–Crippen MR) is 124 cm³/mol. The fourth-order valence-corrected chi connectivity index (χ4v) is 3.56. The minimum absolute atomic E-state index is 0.0518. The quantitative estimate of drug-likeness (QED) is 0.466. The first-order valence-electron chi connectivity index (χ1n) is 10.0. The monoisotopic (exact) mass is 475 g/mol. The van der Waals surface area contributed by atoms with Gasteiger partial charge >= 0.3 is 0 Å². The Labute approximate surface area is 196 Å². The molecule has 3 aromatic rings. The molecule has 9 heteroatoms. The van der Waals surface area contributed by atoms with Gasteiger partial charge in [0.1, 0.15) is 5.75 Å². The van der Waals surface area contributed by atoms with Crippen LogP contribution in [-0.2, 0) is 16.0 Å². The number of likely N-dealkylation sites (N-methyl/N-ethyl adjacent to an activating group) is 1. The number of hydrogen-bond donors (Lipinski definition) is 1. The average molecular weight is 476 g/mol. The molecule has 1 N–H and O–H groups in total. The van der Waals surface area contributed by atoms with Crippen LogP contribution >= 0.6 is 23.2 Å². The van der Waals surface area contributed by atoms with E-state index < -0.39 is 0 Å². The van der Waals surface area contributed by atoms with E-state index in [1.54, 1.807) is 55.8 Å². The van der Waals surface area contributed by atoms with Crippen LogP contribution in [0.3, 0.4) is 0 Å². The molecule has 0 bridgehead atoms. The maximum absolute atomic E-state index is 12.6. The zero-order valence-electron chi connectivity index (χ0n) is 17.7. The summed E-state index contributed by atoms with van der Waals surface area (Å²) in [6.45, 7) is 2.17. The number of anilines is 1. The number of ether oxygens (including phenoxy) is 1. The van der Waals surface area contributed by atoms with E-state index in [9.17, 15) is 9.59 Å². The maximum atomic E-state index is 12.6. The van der Waals surface area contributed by atoms with Gasteiger partial charge in [0.05, 0.1) is 24.9 Å². The van der Waals surface area contributed by atoms with Crippen LogP contribution in [0.2, 0.25) is 10.0 Å². The van der Waals surface area contributed by atoms with Crippen molar-refractivity contribution < 1.29 is 18.7 Å². The number of oxazole rings is 1. The first-order chi connectivity index (χ1) is 15.4. The highest BCUT2D eigenvalue weighted by molar-refractivity contribution is 6.36. The van der Waals surface area contributed by atoms with Gasteiger partial charge in [-0.05, 0) is 37.3 Å². The third kappa shape index (κ3) is 6.24. The average Bonchev–Trinajstić information content (AvgIpc) is 3.24. The van der Waals surface area contributed by atoms with Crippen molar-refractivity contribution in [2.24, 2.45) is 0 Å². The number of nitrogens with one attached hydrogen (secondary N) is 1. The predicted octanol–water partition coefficient (Wildman–Crippen LogP) is 5.08. The largest absolute Gasteiger partial charge is 0.497 e. The number of amides is 2. The Balaban J connectivity index is 1.55. The highest BCUT2D eigenvalue weighted by Gasteiger charge is 2.17. The van der Waals surface area contributed by atoms with Crippen molar-refractivity contribution in [1.82, 2.24) is 9.88 Å². The van der Waals surface area contributed by atoms with Gasteiger partial charge in [-0.25, -0.2) is 4.98 Å². The molecule has 0 aliphatic carbocycles. The maximum Gasteiger partial charge on any atom is 0.243 e. The number of rotatable bonds is 9. The number of methoxy groups -OCH3 is 1. The molecule has 32 heavy (non-hydrogen) atoms. The molecule has 0 saturated heterocycles. The molecule has 168 valence electrons. The summed E-state index contributed by atoms with van der Waals surface area (Å²) in [5.41, 5.74) is 1.27. The number of hydrogen-bond acceptors (Lipinski definition) is 5. The van der Waals surface area contributed by atoms with Crippen LogP contribution in [0.4, 0.5) is 5.69 Å². The van der Waals surface area contributed by atoms with E-state index in [-0.39, 0.29) is 24.8 Å². The van der Waals surface area contributed by atoms with Crippen LogP contribution in [0, 0.1) is 0 Å². The molecule has 0 spiro atoms. The van der Waals surface area contributed by atoms with Crippen LogP contribution in [0.1, 0.15) is 19.2 Å². The Bertz CT molecular complexity index is 1100. The van der Waals surface area contributed by atoms with E-state index >= 15 is 0 Å². The second-order valence-electron chi connectivity index (χ2n) is 6.93. The molecule has 0 aliphatic rings. The summed E-state index contributed by atoms with van der Waals surface area (Å²) >= 11 is 12.1. The van der Waals surface area contributed by atoms with Gasteiger partial charge in [0.2, 0.25) is 11.8 Å². The van der Waals surface area contributed by atoms with Gasteiger partial charge in [0.15, 0.2) is 11.7 Å². The van der Waals surface area contributed by atoms with E-state index in [4.69, 9.17) is 32.4 Å². The molecule has 3 rings (SSSR count). The number of carbonyl (C=O) groups is 2. The van der Waals surface area contributed by atoms with Crippen molar-refractivity contribution >= 4 is 40.7 Å². The van der Waals surface area contributed by atoms with Crippen molar-refractivity contribution in [3.05, 3.63) is 64.6 Å². The molecule has 0 radical (unpaired) electrons. The summed E-state index contributed by atoms with van der Waals surface area (Å²) in [7, 11) is 1.55. The lowest BCUT2D eigenvalue weighted by Crippen LogP contribution is -2.38. The Morgan fingerprint density at radius 3 is 2.72 bits per heavy atom. The Morgan fingerprint density at radius 2 is 2.00 bits per heavy atom. The van der Waals surface area contributed by atoms with Crippen molar-refractivity contribution in [2.75, 3.05) is 25.5 Å². The fourth-order valence-electron chi connectivity index (χ4n) is 3.06. The summed E-state index contributed by atoms with van der Waals surface area (Å²) in [6, 6.07) is 12.1. The molecule has 0 saturated carbocycles. The number of benzene rings is 2. The smallest absolute Gasteiger partial charge is 0.243 e. The van der Waals surface area contributed by atoms with Gasteiger partial charge in [0, 0.05) is 41.7 Å². The van der Waals surface area contributed by atoms with Crippen LogP contribution in [0.25, 0.3) is 11.3 Å². The Hall–Kier alpha value is -3.03. The molecule has 0 unspecified atom stereocenters. The number of aryl methyl sites for hydroxylation is 1. The zero-order valence-corrected chi connectivity index (χ0v) is 19.2. The SMILES string of the molecule is CCN(CC(=O)Nc1cccc(OC)c1)C(=O)CCc1ncc(-c2ccc(Cl)cc2Cl)o1. The second kappa shape index (κ2) is 11.0. The number of nitrogens with zero attached hydrogens (tertiary/aromatic N) is 2. The summed E-state index contributed by atoms with van der Waals surface area (Å²) in [5.74, 6) is 1.09. The second-order valence-corrected chi connectivity index (χ2v) is 7.77. The van der Waals surface area contributed by atoms with Crippen molar-refractivity contribution in [3.63, 3.8) is 0 Å². The lowest BCUT2D eigenvalue weighted by atomic mass is 10.2. The van der Waals surface area contributed by atoms with E-state index in [2.05, 4.69) is 10.3 Å². The molecule has 0 fully saturated rings.